The first-order valence-corrected chi connectivity index (χ1v) is 19.5. The molecule has 4 nitrogen and oxygen atoms in total. The molecule has 2 aromatic heterocycles. The normalized spacial score (nSPS) is 12.1. The molecule has 4 heteroatoms. The Morgan fingerprint density at radius 3 is 1.33 bits per heavy atom. The number of rotatable bonds is 6. The lowest BCUT2D eigenvalue weighted by Gasteiger charge is -2.25. The first kappa shape index (κ1) is 33.0. The average molecular weight is 730 g/mol. The van der Waals surface area contributed by atoms with Crippen LogP contribution in [-0.2, 0) is 12.8 Å². The Morgan fingerprint density at radius 1 is 0.298 bits per heavy atom. The van der Waals surface area contributed by atoms with E-state index in [0.29, 0.717) is 17.5 Å². The molecule has 0 saturated heterocycles. The number of para-hydroxylation sites is 1. The van der Waals surface area contributed by atoms with E-state index in [2.05, 4.69) is 158 Å². The number of furan rings is 1. The van der Waals surface area contributed by atoms with E-state index in [1.54, 1.807) is 0 Å². The fraction of sp³-hybridized carbons (Fsp3) is 0.0377. The van der Waals surface area contributed by atoms with Gasteiger partial charge in [-0.1, -0.05) is 170 Å². The fourth-order valence-corrected chi connectivity index (χ4v) is 8.50. The predicted molar refractivity (Wildman–Crippen MR) is 233 cm³/mol. The molecule has 0 aliphatic heterocycles. The monoisotopic (exact) mass is 729 g/mol. The van der Waals surface area contributed by atoms with Crippen LogP contribution in [0.3, 0.4) is 0 Å². The van der Waals surface area contributed by atoms with Crippen molar-refractivity contribution in [1.29, 1.82) is 0 Å². The highest BCUT2D eigenvalue weighted by molar-refractivity contribution is 6.05. The first-order valence-electron chi connectivity index (χ1n) is 19.5. The van der Waals surface area contributed by atoms with Gasteiger partial charge < -0.3 is 4.42 Å². The van der Waals surface area contributed by atoms with Crippen molar-refractivity contribution in [3.8, 4) is 78.7 Å². The summed E-state index contributed by atoms with van der Waals surface area (Å²) in [6, 6.07) is 66.1. The Labute approximate surface area is 330 Å². The standard InChI is InChI=1S/C53H35N3O/c1-3-11-34(12-4-1)35-21-25-38(26-22-35)51-54-52(56-53(55-51)40-29-30-48-47-15-7-8-20-49(47)57-50(48)33-40)39-27-23-37(24-28-39)42-17-10-19-44-43-18-9-16-41(36-13-5-2-6-14-36)45(43)31-32-46(42)44/h1-30,33H,31-32H2. The number of benzene rings is 8. The molecule has 0 spiro atoms. The van der Waals surface area contributed by atoms with E-state index in [0.717, 1.165) is 57.0 Å². The van der Waals surface area contributed by atoms with Crippen LogP contribution in [0.25, 0.3) is 101 Å². The molecule has 10 aromatic rings. The average Bonchev–Trinajstić information content (AvgIpc) is 3.67. The number of fused-ring (bicyclic) bond motifs is 6. The maximum absolute atomic E-state index is 6.27. The molecule has 1 aliphatic rings. The molecule has 2 heterocycles. The number of hydrogen-bond acceptors (Lipinski definition) is 4. The SMILES string of the molecule is c1ccc(-c2ccc(-c3nc(-c4ccc(-c5cccc6c5CCc5c(-c7ccccc7)cccc5-6)cc4)nc(-c4ccc5c(c4)oc4ccccc45)n3)cc2)cc1. The highest BCUT2D eigenvalue weighted by atomic mass is 16.3. The molecule has 0 bridgehead atoms. The van der Waals surface area contributed by atoms with Gasteiger partial charge in [0.1, 0.15) is 11.2 Å². The van der Waals surface area contributed by atoms with Crippen LogP contribution in [0.4, 0.5) is 0 Å². The molecule has 0 fully saturated rings. The van der Waals surface area contributed by atoms with Crippen molar-refractivity contribution in [1.82, 2.24) is 15.0 Å². The second kappa shape index (κ2) is 13.7. The third kappa shape index (κ3) is 5.90. The van der Waals surface area contributed by atoms with E-state index in [1.807, 2.05) is 30.3 Å². The third-order valence-electron chi connectivity index (χ3n) is 11.3. The smallest absolute Gasteiger partial charge is 0.164 e. The minimum absolute atomic E-state index is 0.597. The van der Waals surface area contributed by atoms with Crippen molar-refractivity contribution in [3.63, 3.8) is 0 Å². The summed E-state index contributed by atoms with van der Waals surface area (Å²) in [6.07, 6.45) is 1.99. The Balaban J connectivity index is 0.982. The topological polar surface area (TPSA) is 51.8 Å². The summed E-state index contributed by atoms with van der Waals surface area (Å²) >= 11 is 0. The molecule has 268 valence electrons. The van der Waals surface area contributed by atoms with Crippen molar-refractivity contribution in [3.05, 3.63) is 199 Å². The lowest BCUT2D eigenvalue weighted by atomic mass is 9.79. The zero-order valence-electron chi connectivity index (χ0n) is 31.1. The van der Waals surface area contributed by atoms with Gasteiger partial charge in [-0.15, -0.1) is 0 Å². The molecular weight excluding hydrogens is 695 g/mol. The van der Waals surface area contributed by atoms with Gasteiger partial charge in [-0.05, 0) is 86.7 Å². The molecule has 0 atom stereocenters. The van der Waals surface area contributed by atoms with Gasteiger partial charge in [0.15, 0.2) is 17.5 Å². The van der Waals surface area contributed by atoms with Crippen molar-refractivity contribution < 1.29 is 4.42 Å². The quantitative estimate of drug-likeness (QED) is 0.171. The van der Waals surface area contributed by atoms with Gasteiger partial charge in [-0.2, -0.15) is 0 Å². The molecule has 0 radical (unpaired) electrons. The zero-order valence-corrected chi connectivity index (χ0v) is 31.1. The number of aromatic nitrogens is 3. The summed E-state index contributed by atoms with van der Waals surface area (Å²) in [7, 11) is 0. The summed E-state index contributed by atoms with van der Waals surface area (Å²) in [5, 5.41) is 2.16. The van der Waals surface area contributed by atoms with E-state index >= 15 is 0 Å². The molecule has 11 rings (SSSR count). The Morgan fingerprint density at radius 2 is 0.719 bits per heavy atom. The first-order chi connectivity index (χ1) is 28.2. The third-order valence-corrected chi connectivity index (χ3v) is 11.3. The highest BCUT2D eigenvalue weighted by Crippen LogP contribution is 2.42. The fourth-order valence-electron chi connectivity index (χ4n) is 8.50. The second-order valence-electron chi connectivity index (χ2n) is 14.7. The van der Waals surface area contributed by atoms with Gasteiger partial charge in [-0.3, -0.25) is 0 Å². The van der Waals surface area contributed by atoms with Crippen LogP contribution in [0, 0.1) is 0 Å². The molecule has 0 unspecified atom stereocenters. The van der Waals surface area contributed by atoms with E-state index < -0.39 is 0 Å². The van der Waals surface area contributed by atoms with Crippen molar-refractivity contribution in [2.24, 2.45) is 0 Å². The van der Waals surface area contributed by atoms with Gasteiger partial charge in [-0.25, -0.2) is 15.0 Å². The minimum Gasteiger partial charge on any atom is -0.456 e. The van der Waals surface area contributed by atoms with Crippen LogP contribution in [0.5, 0.6) is 0 Å². The van der Waals surface area contributed by atoms with Crippen molar-refractivity contribution in [2.75, 3.05) is 0 Å². The predicted octanol–water partition coefficient (Wildman–Crippen LogP) is 13.5. The van der Waals surface area contributed by atoms with Gasteiger partial charge >= 0.3 is 0 Å². The van der Waals surface area contributed by atoms with Gasteiger partial charge in [0, 0.05) is 27.5 Å². The molecular formula is C53H35N3O. The van der Waals surface area contributed by atoms with Crippen molar-refractivity contribution in [2.45, 2.75) is 12.8 Å². The molecule has 1 aliphatic carbocycles. The van der Waals surface area contributed by atoms with Gasteiger partial charge in [0.2, 0.25) is 0 Å². The molecule has 57 heavy (non-hydrogen) atoms. The largest absolute Gasteiger partial charge is 0.456 e. The summed E-state index contributed by atoms with van der Waals surface area (Å²) in [6.45, 7) is 0. The van der Waals surface area contributed by atoms with E-state index in [9.17, 15) is 0 Å². The maximum atomic E-state index is 6.27. The molecule has 0 saturated carbocycles. The lowest BCUT2D eigenvalue weighted by Crippen LogP contribution is -2.07. The summed E-state index contributed by atoms with van der Waals surface area (Å²) in [4.78, 5) is 15.2. The second-order valence-corrected chi connectivity index (χ2v) is 14.7. The summed E-state index contributed by atoms with van der Waals surface area (Å²) < 4.78 is 6.27. The highest BCUT2D eigenvalue weighted by Gasteiger charge is 2.22. The van der Waals surface area contributed by atoms with E-state index in [-0.39, 0.29) is 0 Å². The molecule has 0 N–H and O–H groups in total. The van der Waals surface area contributed by atoms with Gasteiger partial charge in [0.25, 0.3) is 0 Å². The maximum Gasteiger partial charge on any atom is 0.164 e. The minimum atomic E-state index is 0.597. The van der Waals surface area contributed by atoms with E-state index in [4.69, 9.17) is 19.4 Å². The van der Waals surface area contributed by atoms with Crippen LogP contribution in [0.15, 0.2) is 192 Å². The van der Waals surface area contributed by atoms with Crippen LogP contribution in [0.1, 0.15) is 11.1 Å². The molecule has 0 amide bonds. The summed E-state index contributed by atoms with van der Waals surface area (Å²) in [5.41, 5.74) is 17.2. The summed E-state index contributed by atoms with van der Waals surface area (Å²) in [5.74, 6) is 1.84. The van der Waals surface area contributed by atoms with E-state index in [1.165, 1.54) is 50.1 Å². The van der Waals surface area contributed by atoms with Gasteiger partial charge in [0.05, 0.1) is 0 Å². The van der Waals surface area contributed by atoms with Crippen molar-refractivity contribution >= 4 is 21.9 Å². The van der Waals surface area contributed by atoms with Crippen LogP contribution < -0.4 is 0 Å². The zero-order chi connectivity index (χ0) is 37.7. The lowest BCUT2D eigenvalue weighted by molar-refractivity contribution is 0.669. The van der Waals surface area contributed by atoms with Crippen LogP contribution in [0.2, 0.25) is 0 Å². The molecule has 8 aromatic carbocycles. The Hall–Kier alpha value is -7.43. The Bertz CT molecular complexity index is 3090. The Kier molecular flexibility index (Phi) is 7.92. The van der Waals surface area contributed by atoms with Crippen LogP contribution >= 0.6 is 0 Å². The number of nitrogens with zero attached hydrogens (tertiary/aromatic N) is 3. The van der Waals surface area contributed by atoms with Crippen LogP contribution in [-0.4, -0.2) is 15.0 Å². The number of hydrogen-bond donors (Lipinski definition) is 0.